The van der Waals surface area contributed by atoms with E-state index in [1.165, 1.54) is 26.2 Å². The third kappa shape index (κ3) is 3.63. The van der Waals surface area contributed by atoms with Crippen LogP contribution in [0.3, 0.4) is 0 Å². The van der Waals surface area contributed by atoms with Crippen LogP contribution < -0.4 is 0 Å². The van der Waals surface area contributed by atoms with E-state index in [4.69, 9.17) is 0 Å². The van der Waals surface area contributed by atoms with E-state index < -0.39 is 12.1 Å². The van der Waals surface area contributed by atoms with Crippen LogP contribution in [0.1, 0.15) is 26.2 Å². The van der Waals surface area contributed by atoms with Crippen molar-refractivity contribution in [1.82, 2.24) is 0 Å². The predicted octanol–water partition coefficient (Wildman–Crippen LogP) is 0.715. The number of esters is 1. The molecule has 1 N–H and O–H groups in total. The minimum absolute atomic E-state index is 0.00802. The Kier molecular flexibility index (Phi) is 4.97. The van der Waals surface area contributed by atoms with Crippen molar-refractivity contribution < 1.29 is 24.2 Å². The second-order valence-electron chi connectivity index (χ2n) is 4.10. The Morgan fingerprint density at radius 1 is 1.50 bits per heavy atom. The van der Waals surface area contributed by atoms with Crippen LogP contribution in [0.15, 0.2) is 23.3 Å². The highest BCUT2D eigenvalue weighted by Gasteiger charge is 2.29. The number of Topliss-reactive ketones (excluding diaryl/α,β-unsaturated/α-hetero) is 1. The fraction of sp³-hybridized carbons (Fsp3) is 0.462. The first-order valence-corrected chi connectivity index (χ1v) is 5.65. The molecule has 1 aliphatic carbocycles. The number of aliphatic hydroxyl groups is 1. The first kappa shape index (κ1) is 14.3. The van der Waals surface area contributed by atoms with E-state index in [1.807, 2.05) is 0 Å². The van der Waals surface area contributed by atoms with Crippen molar-refractivity contribution in [2.45, 2.75) is 32.3 Å². The highest BCUT2D eigenvalue weighted by Crippen LogP contribution is 2.28. The Labute approximate surface area is 105 Å². The number of hydrogen-bond donors (Lipinski definition) is 1. The van der Waals surface area contributed by atoms with Crippen molar-refractivity contribution in [3.8, 4) is 0 Å². The number of carbonyl (C=O) groups is 3. The zero-order chi connectivity index (χ0) is 13.7. The van der Waals surface area contributed by atoms with E-state index in [0.717, 1.165) is 0 Å². The normalized spacial score (nSPS) is 19.7. The number of methoxy groups -OCH3 is 1. The number of ether oxygens (including phenoxy) is 1. The Hall–Kier alpha value is -1.75. The molecule has 98 valence electrons. The van der Waals surface area contributed by atoms with Crippen LogP contribution in [-0.2, 0) is 19.1 Å². The van der Waals surface area contributed by atoms with Gasteiger partial charge < -0.3 is 9.84 Å². The summed E-state index contributed by atoms with van der Waals surface area (Å²) in [4.78, 5) is 33.5. The first-order valence-electron chi connectivity index (χ1n) is 5.65. The molecule has 5 nitrogen and oxygen atoms in total. The smallest absolute Gasteiger partial charge is 0.305 e. The van der Waals surface area contributed by atoms with Crippen LogP contribution in [0.5, 0.6) is 0 Å². The minimum atomic E-state index is -0.888. The monoisotopic (exact) mass is 252 g/mol. The molecule has 0 aromatic heterocycles. The fourth-order valence-corrected chi connectivity index (χ4v) is 1.80. The quantitative estimate of drug-likeness (QED) is 0.576. The van der Waals surface area contributed by atoms with Crippen molar-refractivity contribution in [3.63, 3.8) is 0 Å². The minimum Gasteiger partial charge on any atom is -0.469 e. The molecule has 0 bridgehead atoms. The molecule has 1 rings (SSSR count). The lowest BCUT2D eigenvalue weighted by Gasteiger charge is -2.04. The largest absolute Gasteiger partial charge is 0.469 e. The standard InChI is InChI=1S/C13H16O5/c1-8(14)3-4-9-10(5-6-13(17)18-2)12(16)7-11(9)15/h3-4,11,15H,5-7H2,1-2H3/b4-3+. The molecule has 5 heteroatoms. The third-order valence-electron chi connectivity index (χ3n) is 2.73. The molecule has 0 radical (unpaired) electrons. The van der Waals surface area contributed by atoms with Gasteiger partial charge in [0.25, 0.3) is 0 Å². The van der Waals surface area contributed by atoms with Gasteiger partial charge in [0, 0.05) is 18.4 Å². The van der Waals surface area contributed by atoms with E-state index in [1.54, 1.807) is 0 Å². The Morgan fingerprint density at radius 3 is 2.72 bits per heavy atom. The molecule has 1 aliphatic rings. The summed E-state index contributed by atoms with van der Waals surface area (Å²) < 4.78 is 4.50. The van der Waals surface area contributed by atoms with Crippen molar-refractivity contribution in [1.29, 1.82) is 0 Å². The van der Waals surface area contributed by atoms with Crippen LogP contribution in [0.4, 0.5) is 0 Å². The summed E-state index contributed by atoms with van der Waals surface area (Å²) in [5, 5.41) is 9.71. The van der Waals surface area contributed by atoms with Gasteiger partial charge in [0.05, 0.1) is 13.2 Å². The van der Waals surface area contributed by atoms with Gasteiger partial charge in [0.15, 0.2) is 11.6 Å². The lowest BCUT2D eigenvalue weighted by molar-refractivity contribution is -0.140. The van der Waals surface area contributed by atoms with Crippen LogP contribution in [0, 0.1) is 0 Å². The molecule has 0 aromatic carbocycles. The topological polar surface area (TPSA) is 80.7 Å². The van der Waals surface area contributed by atoms with Gasteiger partial charge in [-0.1, -0.05) is 6.08 Å². The lowest BCUT2D eigenvalue weighted by Crippen LogP contribution is -2.04. The van der Waals surface area contributed by atoms with E-state index in [-0.39, 0.29) is 30.8 Å². The maximum absolute atomic E-state index is 11.7. The Bertz CT molecular complexity index is 431. The SMILES string of the molecule is COC(=O)CCC1=C(/C=C/C(C)=O)C(O)CC1=O. The zero-order valence-electron chi connectivity index (χ0n) is 10.4. The molecule has 0 amide bonds. The van der Waals surface area contributed by atoms with Crippen LogP contribution in [-0.4, -0.2) is 35.9 Å². The highest BCUT2D eigenvalue weighted by molar-refractivity contribution is 6.01. The summed E-state index contributed by atoms with van der Waals surface area (Å²) >= 11 is 0. The van der Waals surface area contributed by atoms with Gasteiger partial charge in [-0.3, -0.25) is 14.4 Å². The van der Waals surface area contributed by atoms with Gasteiger partial charge in [-0.05, 0) is 25.0 Å². The molecule has 0 saturated carbocycles. The average molecular weight is 252 g/mol. The number of allylic oxidation sites excluding steroid dienone is 2. The molecule has 0 aromatic rings. The van der Waals surface area contributed by atoms with Crippen LogP contribution >= 0.6 is 0 Å². The fourth-order valence-electron chi connectivity index (χ4n) is 1.80. The highest BCUT2D eigenvalue weighted by atomic mass is 16.5. The molecule has 0 heterocycles. The third-order valence-corrected chi connectivity index (χ3v) is 2.73. The maximum atomic E-state index is 11.7. The molecule has 0 saturated heterocycles. The molecular weight excluding hydrogens is 236 g/mol. The number of aliphatic hydroxyl groups excluding tert-OH is 1. The second kappa shape index (κ2) is 6.26. The molecule has 18 heavy (non-hydrogen) atoms. The summed E-state index contributed by atoms with van der Waals surface area (Å²) in [5.41, 5.74) is 0.838. The van der Waals surface area contributed by atoms with E-state index in [2.05, 4.69) is 4.74 Å². The first-order chi connectivity index (χ1) is 8.45. The average Bonchev–Trinajstić information content (AvgIpc) is 2.57. The van der Waals surface area contributed by atoms with Crippen LogP contribution in [0.2, 0.25) is 0 Å². The van der Waals surface area contributed by atoms with Gasteiger partial charge >= 0.3 is 5.97 Å². The molecule has 0 fully saturated rings. The molecule has 0 aliphatic heterocycles. The van der Waals surface area contributed by atoms with E-state index in [9.17, 15) is 19.5 Å². The Balaban J connectivity index is 2.87. The summed E-state index contributed by atoms with van der Waals surface area (Å²) in [5.74, 6) is -0.762. The van der Waals surface area contributed by atoms with Gasteiger partial charge in [0.2, 0.25) is 0 Å². The number of rotatable bonds is 5. The summed E-state index contributed by atoms with van der Waals surface area (Å²) in [7, 11) is 1.28. The maximum Gasteiger partial charge on any atom is 0.305 e. The summed E-state index contributed by atoms with van der Waals surface area (Å²) in [6, 6.07) is 0. The van der Waals surface area contributed by atoms with Gasteiger partial charge in [-0.15, -0.1) is 0 Å². The molecule has 0 spiro atoms. The van der Waals surface area contributed by atoms with E-state index in [0.29, 0.717) is 11.1 Å². The summed E-state index contributed by atoms with van der Waals surface area (Å²) in [6.07, 6.45) is 2.18. The predicted molar refractivity (Wildman–Crippen MR) is 63.7 cm³/mol. The Morgan fingerprint density at radius 2 is 2.17 bits per heavy atom. The molecule has 1 unspecified atom stereocenters. The van der Waals surface area contributed by atoms with Crippen molar-refractivity contribution in [2.24, 2.45) is 0 Å². The van der Waals surface area contributed by atoms with Crippen LogP contribution in [0.25, 0.3) is 0 Å². The van der Waals surface area contributed by atoms with Gasteiger partial charge in [0.1, 0.15) is 0 Å². The van der Waals surface area contributed by atoms with Crippen molar-refractivity contribution in [2.75, 3.05) is 7.11 Å². The second-order valence-corrected chi connectivity index (χ2v) is 4.10. The number of ketones is 2. The number of hydrogen-bond acceptors (Lipinski definition) is 5. The molecular formula is C13H16O5. The van der Waals surface area contributed by atoms with Crippen molar-refractivity contribution in [3.05, 3.63) is 23.3 Å². The van der Waals surface area contributed by atoms with E-state index >= 15 is 0 Å². The molecule has 1 atom stereocenters. The zero-order valence-corrected chi connectivity index (χ0v) is 10.4. The summed E-state index contributed by atoms with van der Waals surface area (Å²) in [6.45, 7) is 1.38. The number of carbonyl (C=O) groups excluding carboxylic acids is 3. The lowest BCUT2D eigenvalue weighted by atomic mass is 10.0. The van der Waals surface area contributed by atoms with Gasteiger partial charge in [-0.2, -0.15) is 0 Å². The van der Waals surface area contributed by atoms with Crippen molar-refractivity contribution >= 4 is 17.5 Å². The van der Waals surface area contributed by atoms with Gasteiger partial charge in [-0.25, -0.2) is 0 Å².